The van der Waals surface area contributed by atoms with Gasteiger partial charge in [-0.3, -0.25) is 4.57 Å². The molecule has 0 spiro atoms. The average Bonchev–Trinajstić information content (AvgIpc) is 3.98. The number of rotatable bonds is 4. The van der Waals surface area contributed by atoms with Gasteiger partial charge in [-0.05, 0) is 94.8 Å². The van der Waals surface area contributed by atoms with Crippen molar-refractivity contribution in [3.63, 3.8) is 0 Å². The SMILES string of the molecule is CC1(C)c2ccccc2-c2cc3c4ccccc4n(C4=c5oc6cccc(-c7ccc(-c8nc9ccccc9n8-c8ccccc8)cc7)c6c5=CCC4)c3cc21. The predicted molar refractivity (Wildman–Crippen MR) is 230 cm³/mol. The molecule has 3 heterocycles. The van der Waals surface area contributed by atoms with Crippen LogP contribution in [-0.2, 0) is 5.41 Å². The monoisotopic (exact) mass is 719 g/mol. The highest BCUT2D eigenvalue weighted by Crippen LogP contribution is 2.51. The Labute approximate surface area is 323 Å². The zero-order valence-corrected chi connectivity index (χ0v) is 31.3. The molecule has 0 bridgehead atoms. The number of nitrogens with zero attached hydrogens (tertiary/aromatic N) is 3. The zero-order chi connectivity index (χ0) is 37.1. The van der Waals surface area contributed by atoms with E-state index in [0.29, 0.717) is 0 Å². The Morgan fingerprint density at radius 3 is 2.18 bits per heavy atom. The Morgan fingerprint density at radius 1 is 0.571 bits per heavy atom. The molecule has 0 fully saturated rings. The first kappa shape index (κ1) is 31.4. The van der Waals surface area contributed by atoms with Crippen LogP contribution >= 0.6 is 0 Å². The highest BCUT2D eigenvalue weighted by molar-refractivity contribution is 6.12. The van der Waals surface area contributed by atoms with Gasteiger partial charge in [-0.15, -0.1) is 0 Å². The third-order valence-electron chi connectivity index (χ3n) is 12.4. The highest BCUT2D eigenvalue weighted by Gasteiger charge is 2.36. The average molecular weight is 720 g/mol. The van der Waals surface area contributed by atoms with Crippen molar-refractivity contribution >= 4 is 55.6 Å². The predicted octanol–water partition coefficient (Wildman–Crippen LogP) is 11.8. The van der Waals surface area contributed by atoms with E-state index in [1.807, 2.05) is 0 Å². The number of aromatic nitrogens is 3. The fourth-order valence-corrected chi connectivity index (χ4v) is 9.81. The van der Waals surface area contributed by atoms with Crippen molar-refractivity contribution in [1.29, 1.82) is 0 Å². The number of furan rings is 1. The van der Waals surface area contributed by atoms with Crippen LogP contribution < -0.4 is 10.6 Å². The molecule has 2 aliphatic carbocycles. The number of fused-ring (bicyclic) bond motifs is 10. The second kappa shape index (κ2) is 11.5. The van der Waals surface area contributed by atoms with Crippen LogP contribution in [0.25, 0.3) is 94.9 Å². The molecular weight excluding hydrogens is 683 g/mol. The molecular formula is C52H37N3O. The van der Waals surface area contributed by atoms with Gasteiger partial charge in [0.05, 0.1) is 27.8 Å². The minimum Gasteiger partial charge on any atom is -0.454 e. The Kier molecular flexibility index (Phi) is 6.48. The summed E-state index contributed by atoms with van der Waals surface area (Å²) in [5.41, 5.74) is 17.5. The third-order valence-corrected chi connectivity index (χ3v) is 12.4. The van der Waals surface area contributed by atoms with Gasteiger partial charge in [0.15, 0.2) is 5.42 Å². The summed E-state index contributed by atoms with van der Waals surface area (Å²) in [6, 6.07) is 56.9. The van der Waals surface area contributed by atoms with Gasteiger partial charge in [0.2, 0.25) is 0 Å². The van der Waals surface area contributed by atoms with E-state index >= 15 is 0 Å². The van der Waals surface area contributed by atoms with Gasteiger partial charge < -0.3 is 8.98 Å². The van der Waals surface area contributed by atoms with Crippen molar-refractivity contribution in [2.24, 2.45) is 0 Å². The molecule has 3 aromatic heterocycles. The molecule has 4 nitrogen and oxygen atoms in total. The molecule has 2 aliphatic rings. The summed E-state index contributed by atoms with van der Waals surface area (Å²) in [5.74, 6) is 0.930. The molecule has 0 saturated heterocycles. The second-order valence-corrected chi connectivity index (χ2v) is 15.8. The number of imidazole rings is 1. The van der Waals surface area contributed by atoms with Crippen molar-refractivity contribution in [2.75, 3.05) is 0 Å². The van der Waals surface area contributed by atoms with E-state index in [0.717, 1.165) is 57.5 Å². The molecule has 10 aromatic rings. The Bertz CT molecular complexity index is 3380. The van der Waals surface area contributed by atoms with Crippen LogP contribution in [0.4, 0.5) is 0 Å². The van der Waals surface area contributed by atoms with Crippen molar-refractivity contribution < 1.29 is 4.42 Å². The van der Waals surface area contributed by atoms with Crippen LogP contribution in [0.15, 0.2) is 162 Å². The molecule has 0 unspecified atom stereocenters. The molecule has 56 heavy (non-hydrogen) atoms. The lowest BCUT2D eigenvalue weighted by molar-refractivity contribution is 0.564. The zero-order valence-electron chi connectivity index (χ0n) is 31.3. The highest BCUT2D eigenvalue weighted by atomic mass is 16.3. The van der Waals surface area contributed by atoms with Gasteiger partial charge >= 0.3 is 0 Å². The molecule has 0 radical (unpaired) electrons. The molecule has 0 aliphatic heterocycles. The first-order valence-corrected chi connectivity index (χ1v) is 19.6. The summed E-state index contributed by atoms with van der Waals surface area (Å²) >= 11 is 0. The molecule has 266 valence electrons. The van der Waals surface area contributed by atoms with E-state index in [1.165, 1.54) is 65.9 Å². The van der Waals surface area contributed by atoms with E-state index < -0.39 is 0 Å². The van der Waals surface area contributed by atoms with Crippen LogP contribution in [0, 0.1) is 0 Å². The van der Waals surface area contributed by atoms with E-state index in [9.17, 15) is 0 Å². The van der Waals surface area contributed by atoms with E-state index in [-0.39, 0.29) is 5.41 Å². The minimum absolute atomic E-state index is 0.0877. The summed E-state index contributed by atoms with van der Waals surface area (Å²) < 4.78 is 11.7. The molecule has 0 N–H and O–H groups in total. The largest absolute Gasteiger partial charge is 0.454 e. The standard InChI is InChI=1S/C52H37N3O/c1-52(2)41-20-8-6-16-36(41)39-30-40-37-17-7-10-22-44(37)55(47(40)31-42(39)52)46-24-12-19-38-49-35(18-13-25-48(49)56-50(38)46)32-26-28-33(29-27-32)51-53-43-21-9-11-23-45(43)54(51)34-14-4-3-5-15-34/h3-11,13-23,25-31H,12,24H2,1-2H3. The number of hydrogen-bond donors (Lipinski definition) is 0. The Balaban J connectivity index is 1.04. The van der Waals surface area contributed by atoms with Crippen LogP contribution in [-0.4, -0.2) is 14.1 Å². The van der Waals surface area contributed by atoms with Gasteiger partial charge in [0.25, 0.3) is 0 Å². The van der Waals surface area contributed by atoms with Crippen molar-refractivity contribution in [3.8, 4) is 39.3 Å². The summed E-state index contributed by atoms with van der Waals surface area (Å²) in [5, 5.41) is 4.91. The van der Waals surface area contributed by atoms with Crippen LogP contribution in [0.5, 0.6) is 0 Å². The maximum Gasteiger partial charge on any atom is 0.154 e. The van der Waals surface area contributed by atoms with Gasteiger partial charge in [-0.25, -0.2) is 4.98 Å². The van der Waals surface area contributed by atoms with Gasteiger partial charge in [-0.2, -0.15) is 0 Å². The molecule has 0 amide bonds. The summed E-state index contributed by atoms with van der Waals surface area (Å²) in [6.07, 6.45) is 4.22. The van der Waals surface area contributed by atoms with E-state index in [4.69, 9.17) is 9.40 Å². The number of benzene rings is 7. The Hall–Kier alpha value is -6.91. The van der Waals surface area contributed by atoms with Crippen LogP contribution in [0.2, 0.25) is 0 Å². The lowest BCUT2D eigenvalue weighted by atomic mass is 9.82. The van der Waals surface area contributed by atoms with Crippen molar-refractivity contribution in [2.45, 2.75) is 32.1 Å². The maximum absolute atomic E-state index is 6.96. The summed E-state index contributed by atoms with van der Waals surface area (Å²) in [4.78, 5) is 5.11. The van der Waals surface area contributed by atoms with Crippen molar-refractivity contribution in [3.05, 3.63) is 179 Å². The Morgan fingerprint density at radius 2 is 1.30 bits per heavy atom. The third kappa shape index (κ3) is 4.32. The first-order valence-electron chi connectivity index (χ1n) is 19.6. The fraction of sp³-hybridized carbons (Fsp3) is 0.0962. The molecule has 4 heteroatoms. The van der Waals surface area contributed by atoms with Gasteiger partial charge in [-0.1, -0.05) is 129 Å². The maximum atomic E-state index is 6.96. The van der Waals surface area contributed by atoms with E-state index in [1.54, 1.807) is 0 Å². The number of para-hydroxylation sites is 4. The van der Waals surface area contributed by atoms with E-state index in [2.05, 4.69) is 187 Å². The molecule has 12 rings (SSSR count). The topological polar surface area (TPSA) is 35.9 Å². The smallest absolute Gasteiger partial charge is 0.154 e. The summed E-state index contributed by atoms with van der Waals surface area (Å²) in [6.45, 7) is 4.73. The lowest BCUT2D eigenvalue weighted by Gasteiger charge is -2.22. The fourth-order valence-electron chi connectivity index (χ4n) is 9.81. The van der Waals surface area contributed by atoms with Gasteiger partial charge in [0.1, 0.15) is 11.4 Å². The molecule has 0 saturated carbocycles. The molecule has 7 aromatic carbocycles. The van der Waals surface area contributed by atoms with Gasteiger partial charge in [0, 0.05) is 38.0 Å². The lowest BCUT2D eigenvalue weighted by Crippen LogP contribution is -2.28. The molecule has 0 atom stereocenters. The first-order chi connectivity index (χ1) is 27.5. The quantitative estimate of drug-likeness (QED) is 0.182. The second-order valence-electron chi connectivity index (χ2n) is 15.8. The van der Waals surface area contributed by atoms with Crippen molar-refractivity contribution in [1.82, 2.24) is 14.1 Å². The normalized spacial score (nSPS) is 14.4. The number of hydrogen-bond acceptors (Lipinski definition) is 2. The van der Waals surface area contributed by atoms with Crippen LogP contribution in [0.1, 0.15) is 37.8 Å². The summed E-state index contributed by atoms with van der Waals surface area (Å²) in [7, 11) is 0. The van der Waals surface area contributed by atoms with Crippen LogP contribution in [0.3, 0.4) is 0 Å². The minimum atomic E-state index is -0.0877.